The number of ether oxygens (including phenoxy) is 2. The van der Waals surface area contributed by atoms with E-state index in [1.807, 2.05) is 75.4 Å². The highest BCUT2D eigenvalue weighted by atomic mass is 16.5. The molecule has 0 radical (unpaired) electrons. The number of hydrazone groups is 1. The number of hydrogen-bond donors (Lipinski definition) is 0. The lowest BCUT2D eigenvalue weighted by Crippen LogP contribution is -2.43. The first-order chi connectivity index (χ1) is 16.2. The Hall–Kier alpha value is -3.19. The summed E-state index contributed by atoms with van der Waals surface area (Å²) in [5.41, 5.74) is 2.60. The lowest BCUT2D eigenvalue weighted by Gasteiger charge is -2.29. The molecule has 0 spiro atoms. The maximum atomic E-state index is 13.5. The predicted octanol–water partition coefficient (Wildman–Crippen LogP) is 4.28. The van der Waals surface area contributed by atoms with Gasteiger partial charge in [0.05, 0.1) is 25.5 Å². The summed E-state index contributed by atoms with van der Waals surface area (Å²) >= 11 is 0. The second kappa shape index (κ2) is 11.3. The van der Waals surface area contributed by atoms with Gasteiger partial charge in [0.25, 0.3) is 5.91 Å². The molecule has 0 saturated carbocycles. The molecule has 0 aliphatic carbocycles. The zero-order chi connectivity index (χ0) is 24.7. The molecular formula is C27H35N3O4. The Morgan fingerprint density at radius 3 is 2.32 bits per heavy atom. The van der Waals surface area contributed by atoms with Crippen LogP contribution in [0.1, 0.15) is 50.8 Å². The van der Waals surface area contributed by atoms with E-state index in [2.05, 4.69) is 0 Å². The maximum Gasteiger partial charge on any atom is 0.262 e. The van der Waals surface area contributed by atoms with Crippen LogP contribution < -0.4 is 4.74 Å². The molecular weight excluding hydrogens is 430 g/mol. The van der Waals surface area contributed by atoms with Crippen LogP contribution in [0.3, 0.4) is 0 Å². The van der Waals surface area contributed by atoms with E-state index in [4.69, 9.17) is 14.6 Å². The Kier molecular flexibility index (Phi) is 8.45. The summed E-state index contributed by atoms with van der Waals surface area (Å²) in [5.74, 6) is 0.490. The summed E-state index contributed by atoms with van der Waals surface area (Å²) in [6, 6.07) is 17.3. The minimum atomic E-state index is -0.229. The van der Waals surface area contributed by atoms with Gasteiger partial charge in [0.1, 0.15) is 12.3 Å². The van der Waals surface area contributed by atoms with E-state index < -0.39 is 0 Å². The first-order valence-electron chi connectivity index (χ1n) is 11.6. The van der Waals surface area contributed by atoms with Crippen molar-refractivity contribution in [2.24, 2.45) is 10.5 Å². The topological polar surface area (TPSA) is 71.4 Å². The molecule has 2 amide bonds. The molecule has 0 fully saturated rings. The fourth-order valence-electron chi connectivity index (χ4n) is 3.93. The fraction of sp³-hybridized carbons (Fsp3) is 0.444. The summed E-state index contributed by atoms with van der Waals surface area (Å²) in [6.07, 6.45) is 0.947. The standard InChI is InChI=1S/C27H35N3O4/c1-27(2,3)18-25(31)29(15-16-33-4)19-26(32)30-24(21-9-7-6-8-10-21)17-23(28-30)20-11-13-22(34-5)14-12-20/h6-14,24H,15-19H2,1-5H3/t24-/m1/s1. The minimum Gasteiger partial charge on any atom is -0.497 e. The third kappa shape index (κ3) is 6.67. The average Bonchev–Trinajstić information content (AvgIpc) is 3.27. The highest BCUT2D eigenvalue weighted by Gasteiger charge is 2.34. The quantitative estimate of drug-likeness (QED) is 0.554. The van der Waals surface area contributed by atoms with Crippen LogP contribution >= 0.6 is 0 Å². The monoisotopic (exact) mass is 465 g/mol. The third-order valence-electron chi connectivity index (χ3n) is 5.70. The second-order valence-corrected chi connectivity index (χ2v) is 9.69. The summed E-state index contributed by atoms with van der Waals surface area (Å²) in [4.78, 5) is 28.1. The molecule has 2 aromatic carbocycles. The van der Waals surface area contributed by atoms with E-state index in [9.17, 15) is 9.59 Å². The first-order valence-corrected chi connectivity index (χ1v) is 11.6. The zero-order valence-corrected chi connectivity index (χ0v) is 20.8. The highest BCUT2D eigenvalue weighted by Crippen LogP contribution is 2.33. The smallest absolute Gasteiger partial charge is 0.262 e. The Morgan fingerprint density at radius 1 is 1.06 bits per heavy atom. The SMILES string of the molecule is COCCN(CC(=O)N1N=C(c2ccc(OC)cc2)C[C@@H]1c1ccccc1)C(=O)CC(C)(C)C. The highest BCUT2D eigenvalue weighted by molar-refractivity contribution is 6.03. The van der Waals surface area contributed by atoms with Gasteiger partial charge in [-0.2, -0.15) is 5.10 Å². The van der Waals surface area contributed by atoms with E-state index >= 15 is 0 Å². The molecule has 7 nitrogen and oxygen atoms in total. The van der Waals surface area contributed by atoms with E-state index in [0.717, 1.165) is 22.6 Å². The molecule has 0 aromatic heterocycles. The third-order valence-corrected chi connectivity index (χ3v) is 5.70. The summed E-state index contributed by atoms with van der Waals surface area (Å²) < 4.78 is 10.4. The molecule has 182 valence electrons. The fourth-order valence-corrected chi connectivity index (χ4v) is 3.93. The largest absolute Gasteiger partial charge is 0.497 e. The minimum absolute atomic E-state index is 0.0407. The van der Waals surface area contributed by atoms with E-state index in [0.29, 0.717) is 26.0 Å². The van der Waals surface area contributed by atoms with Crippen LogP contribution in [0.4, 0.5) is 0 Å². The van der Waals surface area contributed by atoms with Gasteiger partial charge in [-0.1, -0.05) is 51.1 Å². The molecule has 0 saturated heterocycles. The van der Waals surface area contributed by atoms with Crippen molar-refractivity contribution >= 4 is 17.5 Å². The van der Waals surface area contributed by atoms with Crippen molar-refractivity contribution < 1.29 is 19.1 Å². The molecule has 7 heteroatoms. The van der Waals surface area contributed by atoms with Crippen molar-refractivity contribution in [2.75, 3.05) is 33.9 Å². The average molecular weight is 466 g/mol. The van der Waals surface area contributed by atoms with Crippen molar-refractivity contribution in [3.8, 4) is 5.75 Å². The number of amides is 2. The van der Waals surface area contributed by atoms with Gasteiger partial charge in [0.2, 0.25) is 5.91 Å². The normalized spacial score (nSPS) is 15.7. The van der Waals surface area contributed by atoms with E-state index in [-0.39, 0.29) is 29.8 Å². The van der Waals surface area contributed by atoms with Gasteiger partial charge < -0.3 is 14.4 Å². The molecule has 1 aliphatic rings. The van der Waals surface area contributed by atoms with Gasteiger partial charge in [0, 0.05) is 26.5 Å². The van der Waals surface area contributed by atoms with Crippen LogP contribution in [-0.2, 0) is 14.3 Å². The number of methoxy groups -OCH3 is 2. The van der Waals surface area contributed by atoms with Gasteiger partial charge in [-0.05, 0) is 40.8 Å². The van der Waals surface area contributed by atoms with Crippen molar-refractivity contribution in [1.82, 2.24) is 9.91 Å². The van der Waals surface area contributed by atoms with Crippen LogP contribution in [0.15, 0.2) is 59.7 Å². The number of hydrogen-bond acceptors (Lipinski definition) is 5. The molecule has 1 aliphatic heterocycles. The molecule has 0 N–H and O–H groups in total. The number of carbonyl (C=O) groups is 2. The lowest BCUT2D eigenvalue weighted by atomic mass is 9.91. The van der Waals surface area contributed by atoms with Crippen LogP contribution in [0.25, 0.3) is 0 Å². The molecule has 0 bridgehead atoms. The van der Waals surface area contributed by atoms with Crippen LogP contribution in [0.5, 0.6) is 5.75 Å². The van der Waals surface area contributed by atoms with Crippen LogP contribution in [-0.4, -0.2) is 61.4 Å². The number of rotatable bonds is 9. The maximum absolute atomic E-state index is 13.5. The van der Waals surface area contributed by atoms with E-state index in [1.165, 1.54) is 0 Å². The van der Waals surface area contributed by atoms with Crippen molar-refractivity contribution in [3.05, 3.63) is 65.7 Å². The molecule has 0 unspecified atom stereocenters. The van der Waals surface area contributed by atoms with Crippen LogP contribution in [0.2, 0.25) is 0 Å². The van der Waals surface area contributed by atoms with Crippen molar-refractivity contribution in [1.29, 1.82) is 0 Å². The van der Waals surface area contributed by atoms with Crippen molar-refractivity contribution in [2.45, 2.75) is 39.7 Å². The summed E-state index contributed by atoms with van der Waals surface area (Å²) in [6.45, 7) is 6.72. The Bertz CT molecular complexity index is 997. The van der Waals surface area contributed by atoms with Gasteiger partial charge in [-0.15, -0.1) is 0 Å². The zero-order valence-electron chi connectivity index (χ0n) is 20.8. The van der Waals surface area contributed by atoms with Gasteiger partial charge >= 0.3 is 0 Å². The Balaban J connectivity index is 1.86. The Morgan fingerprint density at radius 2 is 1.74 bits per heavy atom. The summed E-state index contributed by atoms with van der Waals surface area (Å²) in [5, 5.41) is 6.27. The first kappa shape index (κ1) is 25.4. The van der Waals surface area contributed by atoms with Crippen LogP contribution in [0, 0.1) is 5.41 Å². The molecule has 34 heavy (non-hydrogen) atoms. The van der Waals surface area contributed by atoms with Gasteiger partial charge in [-0.3, -0.25) is 9.59 Å². The lowest BCUT2D eigenvalue weighted by molar-refractivity contribution is -0.143. The molecule has 1 heterocycles. The number of benzene rings is 2. The van der Waals surface area contributed by atoms with Gasteiger partial charge in [-0.25, -0.2) is 5.01 Å². The number of nitrogens with zero attached hydrogens (tertiary/aromatic N) is 3. The summed E-state index contributed by atoms with van der Waals surface area (Å²) in [7, 11) is 3.22. The number of carbonyl (C=O) groups excluding carboxylic acids is 2. The van der Waals surface area contributed by atoms with E-state index in [1.54, 1.807) is 24.1 Å². The molecule has 2 aromatic rings. The molecule has 3 rings (SSSR count). The molecule has 1 atom stereocenters. The van der Waals surface area contributed by atoms with Crippen molar-refractivity contribution in [3.63, 3.8) is 0 Å². The second-order valence-electron chi connectivity index (χ2n) is 9.69. The Labute approximate surface area is 202 Å². The van der Waals surface area contributed by atoms with Gasteiger partial charge in [0.15, 0.2) is 0 Å². The predicted molar refractivity (Wildman–Crippen MR) is 133 cm³/mol.